The molecule has 0 amide bonds. The van der Waals surface area contributed by atoms with E-state index in [0.29, 0.717) is 10.8 Å². The van der Waals surface area contributed by atoms with Crippen molar-refractivity contribution in [2.24, 2.45) is 5.16 Å². The Morgan fingerprint density at radius 2 is 2.18 bits per heavy atom. The summed E-state index contributed by atoms with van der Waals surface area (Å²) in [5, 5.41) is 6.01. The molecule has 122 valence electrons. The van der Waals surface area contributed by atoms with Gasteiger partial charge >= 0.3 is 5.97 Å². The Kier molecular flexibility index (Phi) is 6.14. The second-order valence-corrected chi connectivity index (χ2v) is 5.82. The van der Waals surface area contributed by atoms with Gasteiger partial charge in [0.05, 0.1) is 12.7 Å². The number of aromatic nitrogens is 1. The maximum absolute atomic E-state index is 12.0. The predicted octanol–water partition coefficient (Wildman–Crippen LogP) is 1.97. The molecule has 2 N–H and O–H groups in total. The van der Waals surface area contributed by atoms with Crippen LogP contribution in [0.4, 0.5) is 5.13 Å². The van der Waals surface area contributed by atoms with Crippen molar-refractivity contribution >= 4 is 28.1 Å². The number of carbonyl (C=O) groups excluding carboxylic acids is 1. The van der Waals surface area contributed by atoms with Gasteiger partial charge in [0.1, 0.15) is 5.69 Å². The molecule has 7 nitrogen and oxygen atoms in total. The summed E-state index contributed by atoms with van der Waals surface area (Å²) >= 11 is 1.23. The Labute approximate surface area is 133 Å². The van der Waals surface area contributed by atoms with Crippen molar-refractivity contribution in [2.45, 2.75) is 44.8 Å². The molecule has 0 spiro atoms. The summed E-state index contributed by atoms with van der Waals surface area (Å²) in [4.78, 5) is 21.7. The van der Waals surface area contributed by atoms with Crippen LogP contribution in [0, 0.1) is 0 Å². The number of nitrogen functional groups attached to an aromatic ring is 1. The zero-order chi connectivity index (χ0) is 15.9. The van der Waals surface area contributed by atoms with Gasteiger partial charge in [0.15, 0.2) is 11.2 Å². The number of oxime groups is 1. The van der Waals surface area contributed by atoms with Crippen LogP contribution < -0.4 is 5.73 Å². The van der Waals surface area contributed by atoms with Gasteiger partial charge in [0.25, 0.3) is 0 Å². The van der Waals surface area contributed by atoms with Gasteiger partial charge in [-0.3, -0.25) is 0 Å². The Morgan fingerprint density at radius 3 is 2.77 bits per heavy atom. The summed E-state index contributed by atoms with van der Waals surface area (Å²) in [5.41, 5.74) is 6.02. The molecule has 0 aromatic carbocycles. The molecule has 0 saturated heterocycles. The lowest BCUT2D eigenvalue weighted by Crippen LogP contribution is -2.33. The molecule has 2 atom stereocenters. The Balaban J connectivity index is 2.15. The predicted molar refractivity (Wildman–Crippen MR) is 83.8 cm³/mol. The van der Waals surface area contributed by atoms with Gasteiger partial charge in [0, 0.05) is 12.5 Å². The van der Waals surface area contributed by atoms with Gasteiger partial charge in [0.2, 0.25) is 5.71 Å². The molecule has 2 rings (SSSR count). The van der Waals surface area contributed by atoms with Crippen molar-refractivity contribution < 1.29 is 19.1 Å². The number of rotatable bonds is 6. The van der Waals surface area contributed by atoms with E-state index in [1.807, 2.05) is 0 Å². The molecule has 0 aliphatic heterocycles. The van der Waals surface area contributed by atoms with E-state index in [0.717, 1.165) is 25.7 Å². The van der Waals surface area contributed by atoms with Crippen molar-refractivity contribution in [2.75, 3.05) is 19.5 Å². The van der Waals surface area contributed by atoms with Crippen LogP contribution in [-0.4, -0.2) is 42.6 Å². The SMILES string of the molecule is CCOC(=O)/C(=N\O[C@@H]1CCCC[C@H]1OC)c1csc(N)n1. The first-order chi connectivity index (χ1) is 10.7. The molecule has 0 unspecified atom stereocenters. The largest absolute Gasteiger partial charge is 0.461 e. The number of carbonyl (C=O) groups is 1. The topological polar surface area (TPSA) is 96.0 Å². The quantitative estimate of drug-likeness (QED) is 0.487. The summed E-state index contributed by atoms with van der Waals surface area (Å²) in [7, 11) is 1.66. The van der Waals surface area contributed by atoms with E-state index in [2.05, 4.69) is 10.1 Å². The highest BCUT2D eigenvalue weighted by atomic mass is 32.1. The lowest BCUT2D eigenvalue weighted by atomic mass is 9.95. The van der Waals surface area contributed by atoms with E-state index in [1.54, 1.807) is 19.4 Å². The molecule has 22 heavy (non-hydrogen) atoms. The van der Waals surface area contributed by atoms with Gasteiger partial charge in [-0.25, -0.2) is 9.78 Å². The minimum Gasteiger partial charge on any atom is -0.461 e. The van der Waals surface area contributed by atoms with Crippen LogP contribution in [0.1, 0.15) is 38.3 Å². The van der Waals surface area contributed by atoms with E-state index < -0.39 is 5.97 Å². The normalized spacial score (nSPS) is 22.4. The van der Waals surface area contributed by atoms with Crippen LogP contribution in [-0.2, 0) is 19.1 Å². The second-order valence-electron chi connectivity index (χ2n) is 4.93. The van der Waals surface area contributed by atoms with E-state index in [1.165, 1.54) is 11.3 Å². The summed E-state index contributed by atoms with van der Waals surface area (Å²) < 4.78 is 10.4. The lowest BCUT2D eigenvalue weighted by Gasteiger charge is -2.28. The van der Waals surface area contributed by atoms with Gasteiger partial charge in [-0.2, -0.15) is 0 Å². The molecule has 1 aromatic rings. The lowest BCUT2D eigenvalue weighted by molar-refractivity contribution is -0.135. The molecule has 0 radical (unpaired) electrons. The summed E-state index contributed by atoms with van der Waals surface area (Å²) in [5.74, 6) is -0.572. The molecule has 1 saturated carbocycles. The van der Waals surface area contributed by atoms with Gasteiger partial charge in [-0.05, 0) is 26.2 Å². The van der Waals surface area contributed by atoms with Gasteiger partial charge < -0.3 is 20.0 Å². The van der Waals surface area contributed by atoms with Crippen molar-refractivity contribution in [1.29, 1.82) is 0 Å². The maximum atomic E-state index is 12.0. The smallest absolute Gasteiger partial charge is 0.362 e. The Bertz CT molecular complexity index is 532. The number of nitrogens with zero attached hydrogens (tertiary/aromatic N) is 2. The molecule has 1 aliphatic carbocycles. The molecule has 8 heteroatoms. The number of nitrogens with two attached hydrogens (primary N) is 1. The number of esters is 1. The third-order valence-corrected chi connectivity index (χ3v) is 4.13. The van der Waals surface area contributed by atoms with Crippen LogP contribution in [0.3, 0.4) is 0 Å². The fourth-order valence-electron chi connectivity index (χ4n) is 2.36. The van der Waals surface area contributed by atoms with Crippen LogP contribution in [0.25, 0.3) is 0 Å². The first-order valence-electron chi connectivity index (χ1n) is 7.30. The van der Waals surface area contributed by atoms with Crippen molar-refractivity contribution in [3.8, 4) is 0 Å². The number of methoxy groups -OCH3 is 1. The standard InChI is InChI=1S/C14H21N3O4S/c1-3-20-13(18)12(9-8-22-14(15)16-9)17-21-11-7-5-4-6-10(11)19-2/h8,10-11H,3-7H2,1-2H3,(H2,15,16)/b17-12-/t10-,11-/m1/s1. The summed E-state index contributed by atoms with van der Waals surface area (Å²) in [6.07, 6.45) is 3.75. The minimum absolute atomic E-state index is 0.0125. The van der Waals surface area contributed by atoms with Crippen molar-refractivity contribution in [1.82, 2.24) is 4.98 Å². The van der Waals surface area contributed by atoms with E-state index in [-0.39, 0.29) is 24.5 Å². The van der Waals surface area contributed by atoms with Gasteiger partial charge in [-0.1, -0.05) is 11.6 Å². The van der Waals surface area contributed by atoms with Crippen molar-refractivity contribution in [3.63, 3.8) is 0 Å². The third-order valence-electron chi connectivity index (χ3n) is 3.46. The molecular weight excluding hydrogens is 306 g/mol. The molecule has 1 fully saturated rings. The number of thiazole rings is 1. The highest BCUT2D eigenvalue weighted by Crippen LogP contribution is 2.24. The van der Waals surface area contributed by atoms with E-state index >= 15 is 0 Å². The zero-order valence-corrected chi connectivity index (χ0v) is 13.6. The van der Waals surface area contributed by atoms with E-state index in [4.69, 9.17) is 20.0 Å². The number of hydrogen-bond acceptors (Lipinski definition) is 8. The molecule has 0 bridgehead atoms. The monoisotopic (exact) mass is 327 g/mol. The fraction of sp³-hybridized carbons (Fsp3) is 0.643. The van der Waals surface area contributed by atoms with Crippen LogP contribution in [0.2, 0.25) is 0 Å². The second kappa shape index (κ2) is 8.09. The molecule has 1 heterocycles. The highest BCUT2D eigenvalue weighted by molar-refractivity contribution is 7.13. The molecule has 1 aromatic heterocycles. The van der Waals surface area contributed by atoms with Crippen molar-refractivity contribution in [3.05, 3.63) is 11.1 Å². The van der Waals surface area contributed by atoms with Gasteiger partial charge in [-0.15, -0.1) is 11.3 Å². The average Bonchev–Trinajstić information content (AvgIpc) is 2.94. The highest BCUT2D eigenvalue weighted by Gasteiger charge is 2.28. The molecular formula is C14H21N3O4S. The number of hydrogen-bond donors (Lipinski definition) is 1. The number of ether oxygens (including phenoxy) is 2. The fourth-order valence-corrected chi connectivity index (χ4v) is 2.91. The first kappa shape index (κ1) is 16.7. The summed E-state index contributed by atoms with van der Waals surface area (Å²) in [6, 6.07) is 0. The maximum Gasteiger partial charge on any atom is 0.362 e. The first-order valence-corrected chi connectivity index (χ1v) is 8.18. The number of anilines is 1. The van der Waals surface area contributed by atoms with Crippen LogP contribution >= 0.6 is 11.3 Å². The van der Waals surface area contributed by atoms with E-state index in [9.17, 15) is 4.79 Å². The Morgan fingerprint density at radius 1 is 1.45 bits per heavy atom. The Hall–Kier alpha value is -1.67. The van der Waals surface area contributed by atoms with Crippen LogP contribution in [0.5, 0.6) is 0 Å². The third kappa shape index (κ3) is 4.17. The van der Waals surface area contributed by atoms with Crippen LogP contribution in [0.15, 0.2) is 10.5 Å². The molecule has 1 aliphatic rings. The zero-order valence-electron chi connectivity index (χ0n) is 12.8. The minimum atomic E-state index is -0.572. The summed E-state index contributed by atoms with van der Waals surface area (Å²) in [6.45, 7) is 1.98. The average molecular weight is 327 g/mol.